The fraction of sp³-hybridized carbons (Fsp3) is 0.625. The molecule has 1 amide bonds. The first-order valence-corrected chi connectivity index (χ1v) is 7.78. The maximum Gasteiger partial charge on any atom is 0.323 e. The van der Waals surface area contributed by atoms with Crippen molar-refractivity contribution in [3.8, 4) is 0 Å². The number of carbonyl (C=O) groups excluding carboxylic acids is 1. The van der Waals surface area contributed by atoms with E-state index in [1.807, 2.05) is 0 Å². The van der Waals surface area contributed by atoms with Gasteiger partial charge in [0.05, 0.1) is 0 Å². The molecule has 1 saturated carbocycles. The van der Waals surface area contributed by atoms with E-state index in [9.17, 15) is 9.59 Å². The van der Waals surface area contributed by atoms with Crippen LogP contribution < -0.4 is 5.32 Å². The Morgan fingerprint density at radius 3 is 2.67 bits per heavy atom. The van der Waals surface area contributed by atoms with Gasteiger partial charge in [0.2, 0.25) is 0 Å². The number of nitrogens with one attached hydrogen (secondary N) is 1. The van der Waals surface area contributed by atoms with Crippen LogP contribution in [0.2, 0.25) is 0 Å². The summed E-state index contributed by atoms with van der Waals surface area (Å²) in [6, 6.07) is 3.59. The topological polar surface area (TPSA) is 71.3 Å². The average Bonchev–Trinajstić information content (AvgIpc) is 2.88. The van der Waals surface area contributed by atoms with Gasteiger partial charge in [0.25, 0.3) is 5.91 Å². The summed E-state index contributed by atoms with van der Waals surface area (Å²) in [4.78, 5) is 23.0. The summed E-state index contributed by atoms with van der Waals surface area (Å²) >= 11 is 0. The third-order valence-corrected chi connectivity index (χ3v) is 4.25. The van der Waals surface area contributed by atoms with Gasteiger partial charge in [-0.25, -0.2) is 0 Å². The van der Waals surface area contributed by atoms with E-state index in [4.69, 9.17) is 5.11 Å². The van der Waals surface area contributed by atoms with Crippen LogP contribution in [0.5, 0.6) is 0 Å². The number of aromatic nitrogens is 1. The number of hydrogen-bond acceptors (Lipinski definition) is 2. The Balaban J connectivity index is 1.88. The molecule has 5 heteroatoms. The van der Waals surface area contributed by atoms with E-state index < -0.39 is 5.97 Å². The number of hydrogen-bond donors (Lipinski definition) is 2. The van der Waals surface area contributed by atoms with Crippen molar-refractivity contribution in [1.29, 1.82) is 0 Å². The van der Waals surface area contributed by atoms with Gasteiger partial charge in [-0.1, -0.05) is 19.8 Å². The van der Waals surface area contributed by atoms with Crippen LogP contribution in [0.4, 0.5) is 0 Å². The molecule has 5 nitrogen and oxygen atoms in total. The second kappa shape index (κ2) is 7.29. The molecule has 1 aliphatic carbocycles. The van der Waals surface area contributed by atoms with Gasteiger partial charge in [0.15, 0.2) is 0 Å². The first-order chi connectivity index (χ1) is 10.1. The van der Waals surface area contributed by atoms with E-state index in [2.05, 4.69) is 12.2 Å². The zero-order valence-corrected chi connectivity index (χ0v) is 12.5. The van der Waals surface area contributed by atoms with Crippen LogP contribution in [-0.4, -0.2) is 27.6 Å². The molecule has 0 atom stereocenters. The van der Waals surface area contributed by atoms with Gasteiger partial charge in [0.1, 0.15) is 12.2 Å². The molecule has 1 aromatic rings. The zero-order valence-electron chi connectivity index (χ0n) is 12.5. The molecule has 1 aliphatic rings. The molecule has 1 fully saturated rings. The highest BCUT2D eigenvalue weighted by molar-refractivity contribution is 5.93. The summed E-state index contributed by atoms with van der Waals surface area (Å²) in [6.07, 6.45) is 8.53. The first-order valence-electron chi connectivity index (χ1n) is 7.78. The Morgan fingerprint density at radius 2 is 2.05 bits per heavy atom. The van der Waals surface area contributed by atoms with Crippen LogP contribution in [0, 0.1) is 5.92 Å². The molecular weight excluding hydrogens is 268 g/mol. The van der Waals surface area contributed by atoms with Crippen molar-refractivity contribution < 1.29 is 14.7 Å². The molecule has 0 radical (unpaired) electrons. The minimum Gasteiger partial charge on any atom is -0.480 e. The SMILES string of the molecule is CCCC1CCC(NC(=O)c2cccn2CC(=O)O)CC1. The maximum absolute atomic E-state index is 12.3. The van der Waals surface area contributed by atoms with Gasteiger partial charge in [-0.15, -0.1) is 0 Å². The zero-order chi connectivity index (χ0) is 15.2. The molecule has 0 unspecified atom stereocenters. The van der Waals surface area contributed by atoms with E-state index in [1.165, 1.54) is 30.3 Å². The number of rotatable bonds is 6. The summed E-state index contributed by atoms with van der Waals surface area (Å²) in [5.74, 6) is -0.306. The van der Waals surface area contributed by atoms with Crippen LogP contribution in [0.1, 0.15) is 55.9 Å². The number of nitrogens with zero attached hydrogens (tertiary/aromatic N) is 1. The Bertz CT molecular complexity index is 487. The minimum absolute atomic E-state index is 0.166. The molecule has 2 rings (SSSR count). The predicted octanol–water partition coefficient (Wildman–Crippen LogP) is 2.66. The summed E-state index contributed by atoms with van der Waals surface area (Å²) < 4.78 is 1.47. The minimum atomic E-state index is -0.944. The third-order valence-electron chi connectivity index (χ3n) is 4.25. The van der Waals surface area contributed by atoms with Gasteiger partial charge < -0.3 is 15.0 Å². The molecule has 116 valence electrons. The lowest BCUT2D eigenvalue weighted by Gasteiger charge is -2.29. The average molecular weight is 292 g/mol. The normalized spacial score (nSPS) is 22.0. The Kier molecular flexibility index (Phi) is 5.42. The van der Waals surface area contributed by atoms with Crippen molar-refractivity contribution in [3.63, 3.8) is 0 Å². The number of amides is 1. The standard InChI is InChI=1S/C16H24N2O3/c1-2-4-12-6-8-13(9-7-12)17-16(21)14-5-3-10-18(14)11-15(19)20/h3,5,10,12-13H,2,4,6-9,11H2,1H3,(H,17,21)(H,19,20). The largest absolute Gasteiger partial charge is 0.480 e. The summed E-state index contributed by atoms with van der Waals surface area (Å²) in [5, 5.41) is 11.9. The van der Waals surface area contributed by atoms with E-state index in [1.54, 1.807) is 18.3 Å². The van der Waals surface area contributed by atoms with Crippen molar-refractivity contribution in [1.82, 2.24) is 9.88 Å². The number of carbonyl (C=O) groups is 2. The number of carboxylic acids is 1. The second-order valence-electron chi connectivity index (χ2n) is 5.89. The van der Waals surface area contributed by atoms with E-state index >= 15 is 0 Å². The quantitative estimate of drug-likeness (QED) is 0.846. The molecule has 1 aromatic heterocycles. The maximum atomic E-state index is 12.3. The third kappa shape index (κ3) is 4.34. The monoisotopic (exact) mass is 292 g/mol. The van der Waals surface area contributed by atoms with Crippen LogP contribution in [0.25, 0.3) is 0 Å². The molecular formula is C16H24N2O3. The smallest absolute Gasteiger partial charge is 0.323 e. The Morgan fingerprint density at radius 1 is 1.33 bits per heavy atom. The molecule has 0 aliphatic heterocycles. The highest BCUT2D eigenvalue weighted by Gasteiger charge is 2.23. The second-order valence-corrected chi connectivity index (χ2v) is 5.89. The van der Waals surface area contributed by atoms with Crippen LogP contribution in [0.15, 0.2) is 18.3 Å². The lowest BCUT2D eigenvalue weighted by Crippen LogP contribution is -2.38. The molecule has 0 bridgehead atoms. The van der Waals surface area contributed by atoms with Crippen LogP contribution in [0.3, 0.4) is 0 Å². The fourth-order valence-electron chi connectivity index (χ4n) is 3.17. The molecule has 21 heavy (non-hydrogen) atoms. The Hall–Kier alpha value is -1.78. The van der Waals surface area contributed by atoms with E-state index in [-0.39, 0.29) is 18.5 Å². The molecule has 0 saturated heterocycles. The number of carboxylic acid groups (broad SMARTS) is 1. The van der Waals surface area contributed by atoms with Gasteiger partial charge in [-0.05, 0) is 43.7 Å². The molecule has 0 spiro atoms. The van der Waals surface area contributed by atoms with Gasteiger partial charge >= 0.3 is 5.97 Å². The predicted molar refractivity (Wildman–Crippen MR) is 80.2 cm³/mol. The van der Waals surface area contributed by atoms with Crippen molar-refractivity contribution in [3.05, 3.63) is 24.0 Å². The lowest BCUT2D eigenvalue weighted by atomic mass is 9.83. The fourth-order valence-corrected chi connectivity index (χ4v) is 3.17. The highest BCUT2D eigenvalue weighted by Crippen LogP contribution is 2.27. The van der Waals surface area contributed by atoms with Crippen molar-refractivity contribution in [2.24, 2.45) is 5.92 Å². The first kappa shape index (κ1) is 15.6. The lowest BCUT2D eigenvalue weighted by molar-refractivity contribution is -0.137. The van der Waals surface area contributed by atoms with Gasteiger partial charge in [0, 0.05) is 12.2 Å². The summed E-state index contributed by atoms with van der Waals surface area (Å²) in [7, 11) is 0. The van der Waals surface area contributed by atoms with Crippen LogP contribution >= 0.6 is 0 Å². The van der Waals surface area contributed by atoms with Gasteiger partial charge in [-0.3, -0.25) is 9.59 Å². The summed E-state index contributed by atoms with van der Waals surface area (Å²) in [5.41, 5.74) is 0.424. The van der Waals surface area contributed by atoms with E-state index in [0.717, 1.165) is 18.8 Å². The Labute approximate surface area is 125 Å². The van der Waals surface area contributed by atoms with Gasteiger partial charge in [-0.2, -0.15) is 0 Å². The number of aliphatic carboxylic acids is 1. The van der Waals surface area contributed by atoms with Crippen molar-refractivity contribution in [2.45, 2.75) is 58.0 Å². The van der Waals surface area contributed by atoms with Crippen LogP contribution in [-0.2, 0) is 11.3 Å². The summed E-state index contributed by atoms with van der Waals surface area (Å²) in [6.45, 7) is 2.03. The van der Waals surface area contributed by atoms with Crippen molar-refractivity contribution in [2.75, 3.05) is 0 Å². The molecule has 2 N–H and O–H groups in total. The highest BCUT2D eigenvalue weighted by atomic mass is 16.4. The van der Waals surface area contributed by atoms with E-state index in [0.29, 0.717) is 5.69 Å². The molecule has 1 heterocycles. The molecule has 0 aromatic carbocycles. The van der Waals surface area contributed by atoms with Crippen molar-refractivity contribution >= 4 is 11.9 Å².